The summed E-state index contributed by atoms with van der Waals surface area (Å²) < 4.78 is 5.58. The fraction of sp³-hybridized carbons (Fsp3) is 0.500. The van der Waals surface area contributed by atoms with Crippen LogP contribution in [-0.4, -0.2) is 36.1 Å². The van der Waals surface area contributed by atoms with Crippen molar-refractivity contribution in [3.63, 3.8) is 0 Å². The number of rotatable bonds is 2. The van der Waals surface area contributed by atoms with Gasteiger partial charge < -0.3 is 4.74 Å². The zero-order chi connectivity index (χ0) is 18.1. The lowest BCUT2D eigenvalue weighted by atomic mass is 9.89. The number of likely N-dealkylation sites (N-methyl/N-ethyl adjacent to an activating group) is 1. The smallest absolute Gasteiger partial charge is 0.130 e. The lowest BCUT2D eigenvalue weighted by Crippen LogP contribution is -2.37. The van der Waals surface area contributed by atoms with Crippen LogP contribution in [0.25, 0.3) is 16.5 Å². The second-order valence-corrected chi connectivity index (χ2v) is 6.98. The molecule has 0 spiro atoms. The van der Waals surface area contributed by atoms with Gasteiger partial charge in [-0.25, -0.2) is 0 Å². The van der Waals surface area contributed by atoms with E-state index in [0.717, 1.165) is 28.8 Å². The Morgan fingerprint density at radius 3 is 2.60 bits per heavy atom. The van der Waals surface area contributed by atoms with Crippen molar-refractivity contribution in [2.75, 3.05) is 14.2 Å². The van der Waals surface area contributed by atoms with Gasteiger partial charge in [-0.2, -0.15) is 0 Å². The third-order valence-corrected chi connectivity index (χ3v) is 5.72. The predicted molar refractivity (Wildman–Crippen MR) is 106 cm³/mol. The minimum atomic E-state index is 0.623. The highest BCUT2D eigenvalue weighted by Crippen LogP contribution is 2.42. The van der Waals surface area contributed by atoms with E-state index < -0.39 is 0 Å². The molecule has 2 bridgehead atoms. The molecule has 1 saturated heterocycles. The molecule has 25 heavy (non-hydrogen) atoms. The molecule has 134 valence electrons. The summed E-state index contributed by atoms with van der Waals surface area (Å²) in [6.45, 7) is 8.32. The molecule has 2 aliphatic heterocycles. The summed E-state index contributed by atoms with van der Waals surface area (Å²) in [4.78, 5) is 7.20. The van der Waals surface area contributed by atoms with Gasteiger partial charge in [0.1, 0.15) is 5.75 Å². The summed E-state index contributed by atoms with van der Waals surface area (Å²) in [5.74, 6) is 0.920. The van der Waals surface area contributed by atoms with Crippen LogP contribution in [0.1, 0.15) is 51.3 Å². The van der Waals surface area contributed by atoms with Gasteiger partial charge in [0.25, 0.3) is 0 Å². The van der Waals surface area contributed by atoms with Crippen molar-refractivity contribution in [1.29, 1.82) is 0 Å². The molecule has 0 radical (unpaired) electrons. The quantitative estimate of drug-likeness (QED) is 0.751. The van der Waals surface area contributed by atoms with E-state index in [-0.39, 0.29) is 0 Å². The highest BCUT2D eigenvalue weighted by atomic mass is 16.5. The second kappa shape index (κ2) is 7.17. The number of aromatic nitrogens is 1. The van der Waals surface area contributed by atoms with Gasteiger partial charge >= 0.3 is 0 Å². The average molecular weight is 338 g/mol. The molecule has 0 saturated carbocycles. The second-order valence-electron chi connectivity index (χ2n) is 6.98. The Morgan fingerprint density at radius 2 is 1.88 bits per heavy atom. The topological polar surface area (TPSA) is 25.4 Å². The monoisotopic (exact) mass is 338 g/mol. The molecule has 1 unspecified atom stereocenters. The molecule has 3 nitrogen and oxygen atoms in total. The molecule has 4 rings (SSSR count). The van der Waals surface area contributed by atoms with Crippen LogP contribution in [0.2, 0.25) is 0 Å². The number of hydrogen-bond acceptors (Lipinski definition) is 3. The first-order valence-corrected chi connectivity index (χ1v) is 9.46. The Kier molecular flexibility index (Phi) is 5.14. The van der Waals surface area contributed by atoms with Crippen LogP contribution >= 0.6 is 0 Å². The molecule has 2 aromatic rings. The van der Waals surface area contributed by atoms with Crippen molar-refractivity contribution in [2.24, 2.45) is 0 Å². The Morgan fingerprint density at radius 1 is 1.12 bits per heavy atom. The third kappa shape index (κ3) is 3.06. The Bertz CT molecular complexity index is 809. The van der Waals surface area contributed by atoms with Crippen LogP contribution < -0.4 is 4.74 Å². The largest absolute Gasteiger partial charge is 0.496 e. The van der Waals surface area contributed by atoms with Crippen molar-refractivity contribution in [1.82, 2.24) is 9.88 Å². The molecule has 2 aliphatic rings. The first-order valence-electron chi connectivity index (χ1n) is 9.46. The molecule has 0 aliphatic carbocycles. The zero-order valence-corrected chi connectivity index (χ0v) is 16.4. The van der Waals surface area contributed by atoms with Crippen LogP contribution in [-0.2, 0) is 0 Å². The van der Waals surface area contributed by atoms with Gasteiger partial charge in [0.05, 0.1) is 12.6 Å². The van der Waals surface area contributed by atoms with Gasteiger partial charge in [-0.1, -0.05) is 25.5 Å². The van der Waals surface area contributed by atoms with Gasteiger partial charge in [-0.15, -0.1) is 0 Å². The van der Waals surface area contributed by atoms with E-state index in [2.05, 4.69) is 42.1 Å². The first kappa shape index (κ1) is 17.9. The summed E-state index contributed by atoms with van der Waals surface area (Å²) in [6, 6.07) is 9.99. The molecule has 1 aromatic carbocycles. The third-order valence-electron chi connectivity index (χ3n) is 5.72. The minimum Gasteiger partial charge on any atom is -0.496 e. The number of pyridine rings is 1. The number of aryl methyl sites for hydroxylation is 1. The van der Waals surface area contributed by atoms with Gasteiger partial charge in [-0.05, 0) is 63.4 Å². The van der Waals surface area contributed by atoms with Gasteiger partial charge in [0, 0.05) is 29.2 Å². The fourth-order valence-electron chi connectivity index (χ4n) is 4.40. The summed E-state index contributed by atoms with van der Waals surface area (Å²) in [7, 11) is 4.01. The summed E-state index contributed by atoms with van der Waals surface area (Å²) in [5.41, 5.74) is 6.42. The lowest BCUT2D eigenvalue weighted by Gasteiger charge is -2.34. The van der Waals surface area contributed by atoms with E-state index in [1.54, 1.807) is 12.7 Å². The highest BCUT2D eigenvalue weighted by Gasteiger charge is 2.37. The standard InChI is InChI=1S/C20H24N2O.C2H6/c1-12-9-20(23-4)17-10-14(5-7-18(17)21-12)16-11-15-6-8-19(13(16)2)22(15)3;1-2/h5,7,9-10,15,19H,6,8,11H2,1-4H3;1-2H3/t15?,19-;/m0./s1. The molecular weight excluding hydrogens is 308 g/mol. The van der Waals surface area contributed by atoms with Crippen LogP contribution in [0.3, 0.4) is 0 Å². The molecule has 2 atom stereocenters. The molecule has 1 fully saturated rings. The van der Waals surface area contributed by atoms with Gasteiger partial charge in [0.2, 0.25) is 0 Å². The molecule has 0 N–H and O–H groups in total. The maximum Gasteiger partial charge on any atom is 0.130 e. The maximum absolute atomic E-state index is 5.58. The van der Waals surface area contributed by atoms with E-state index in [0.29, 0.717) is 12.1 Å². The number of hydrogen-bond donors (Lipinski definition) is 0. The molecular formula is C22H30N2O. The van der Waals surface area contributed by atoms with Crippen LogP contribution in [0.15, 0.2) is 29.8 Å². The van der Waals surface area contributed by atoms with Crippen molar-refractivity contribution in [3.05, 3.63) is 41.1 Å². The Labute approximate surface area is 151 Å². The molecule has 0 amide bonds. The first-order chi connectivity index (χ1) is 12.1. The van der Waals surface area contributed by atoms with Gasteiger partial charge in [0.15, 0.2) is 0 Å². The van der Waals surface area contributed by atoms with Crippen molar-refractivity contribution in [2.45, 2.75) is 59.0 Å². The minimum absolute atomic E-state index is 0.623. The zero-order valence-electron chi connectivity index (χ0n) is 16.4. The SMILES string of the molecule is CC.COc1cc(C)nc2ccc(C3=C(C)[C@@H]4CCC(C3)N4C)cc12. The predicted octanol–water partition coefficient (Wildman–Crippen LogP) is 5.22. The van der Waals surface area contributed by atoms with Crippen molar-refractivity contribution < 1.29 is 4.74 Å². The van der Waals surface area contributed by atoms with Crippen molar-refractivity contribution in [3.8, 4) is 5.75 Å². The Balaban J connectivity index is 0.000000880. The maximum atomic E-state index is 5.58. The molecule has 3 heterocycles. The van der Waals surface area contributed by atoms with E-state index in [9.17, 15) is 0 Å². The van der Waals surface area contributed by atoms with E-state index in [4.69, 9.17) is 4.74 Å². The van der Waals surface area contributed by atoms with Crippen LogP contribution in [0.4, 0.5) is 0 Å². The number of fused-ring (bicyclic) bond motifs is 3. The van der Waals surface area contributed by atoms with Gasteiger partial charge in [-0.3, -0.25) is 9.88 Å². The Hall–Kier alpha value is -1.87. The normalized spacial score (nSPS) is 22.8. The summed E-state index contributed by atoms with van der Waals surface area (Å²) in [6.07, 6.45) is 3.78. The number of methoxy groups -OCH3 is 1. The average Bonchev–Trinajstić information content (AvgIpc) is 2.89. The molecule has 1 aromatic heterocycles. The van der Waals surface area contributed by atoms with E-state index >= 15 is 0 Å². The van der Waals surface area contributed by atoms with E-state index in [1.165, 1.54) is 24.0 Å². The summed E-state index contributed by atoms with van der Waals surface area (Å²) in [5, 5.41) is 1.11. The van der Waals surface area contributed by atoms with Crippen molar-refractivity contribution >= 4 is 16.5 Å². The number of ether oxygens (including phenoxy) is 1. The van der Waals surface area contributed by atoms with Crippen LogP contribution in [0, 0.1) is 6.92 Å². The van der Waals surface area contributed by atoms with Crippen LogP contribution in [0.5, 0.6) is 5.75 Å². The van der Waals surface area contributed by atoms with E-state index in [1.807, 2.05) is 26.8 Å². The lowest BCUT2D eigenvalue weighted by molar-refractivity contribution is 0.255. The fourth-order valence-corrected chi connectivity index (χ4v) is 4.40. The number of nitrogens with zero attached hydrogens (tertiary/aromatic N) is 2. The molecule has 3 heteroatoms. The number of benzene rings is 1. The summed E-state index contributed by atoms with van der Waals surface area (Å²) >= 11 is 0. The highest BCUT2D eigenvalue weighted by molar-refractivity contribution is 5.89.